The van der Waals surface area contributed by atoms with Crippen molar-refractivity contribution in [3.63, 3.8) is 0 Å². The van der Waals surface area contributed by atoms with Crippen LogP contribution in [0.4, 0.5) is 0 Å². The number of rotatable bonds is 3. The van der Waals surface area contributed by atoms with Crippen molar-refractivity contribution in [1.82, 2.24) is 10.2 Å². The molecule has 3 aliphatic heterocycles. The Labute approximate surface area is 110 Å². The lowest BCUT2D eigenvalue weighted by molar-refractivity contribution is -0.0294. The molecule has 3 saturated heterocycles. The van der Waals surface area contributed by atoms with E-state index in [1.165, 1.54) is 25.7 Å². The van der Waals surface area contributed by atoms with Crippen LogP contribution in [0, 0.1) is 0 Å². The highest BCUT2D eigenvalue weighted by atomic mass is 16.5. The molecule has 0 aromatic rings. The molecule has 3 fully saturated rings. The Morgan fingerprint density at radius 2 is 2.00 bits per heavy atom. The summed E-state index contributed by atoms with van der Waals surface area (Å²) in [5.41, 5.74) is -0.650. The van der Waals surface area contributed by atoms with Crippen molar-refractivity contribution in [1.29, 1.82) is 0 Å². The molecule has 104 valence electrons. The van der Waals surface area contributed by atoms with Crippen LogP contribution in [0.25, 0.3) is 0 Å². The first-order valence-electron chi connectivity index (χ1n) is 7.38. The summed E-state index contributed by atoms with van der Waals surface area (Å²) >= 11 is 0. The largest absolute Gasteiger partial charge is 0.386 e. The van der Waals surface area contributed by atoms with Crippen molar-refractivity contribution in [3.8, 4) is 0 Å². The Bertz CT molecular complexity index is 298. The van der Waals surface area contributed by atoms with Crippen LogP contribution in [0.2, 0.25) is 0 Å². The molecule has 0 aromatic heterocycles. The van der Waals surface area contributed by atoms with Gasteiger partial charge in [-0.15, -0.1) is 0 Å². The first kappa shape index (κ1) is 12.9. The summed E-state index contributed by atoms with van der Waals surface area (Å²) in [5, 5.41) is 14.1. The smallest absolute Gasteiger partial charge is 0.105 e. The maximum atomic E-state index is 10.5. The molecule has 18 heavy (non-hydrogen) atoms. The number of aliphatic hydroxyl groups is 1. The summed E-state index contributed by atoms with van der Waals surface area (Å²) in [4.78, 5) is 2.55. The molecule has 0 radical (unpaired) electrons. The number of piperidine rings is 1. The zero-order valence-corrected chi connectivity index (χ0v) is 11.6. The molecule has 4 nitrogen and oxygen atoms in total. The van der Waals surface area contributed by atoms with Crippen molar-refractivity contribution in [2.75, 3.05) is 20.2 Å². The van der Waals surface area contributed by atoms with Crippen LogP contribution in [-0.2, 0) is 4.74 Å². The van der Waals surface area contributed by atoms with E-state index in [1.54, 1.807) is 0 Å². The fourth-order valence-corrected chi connectivity index (χ4v) is 3.90. The highest BCUT2D eigenvalue weighted by Crippen LogP contribution is 2.34. The fourth-order valence-electron chi connectivity index (χ4n) is 3.90. The van der Waals surface area contributed by atoms with Gasteiger partial charge in [0.2, 0.25) is 0 Å². The van der Waals surface area contributed by atoms with Crippen LogP contribution in [0.1, 0.15) is 39.0 Å². The second kappa shape index (κ2) is 4.75. The summed E-state index contributed by atoms with van der Waals surface area (Å²) in [6, 6.07) is 2.09. The molecular formula is C14H26N2O2. The van der Waals surface area contributed by atoms with E-state index in [0.717, 1.165) is 18.5 Å². The SMILES string of the molecule is CC1OCCC1(O)CNC1CC2CCC(C1)N2C. The lowest BCUT2D eigenvalue weighted by atomic mass is 9.93. The quantitative estimate of drug-likeness (QED) is 0.780. The number of nitrogens with one attached hydrogen (secondary N) is 1. The lowest BCUT2D eigenvalue weighted by Crippen LogP contribution is -2.53. The Morgan fingerprint density at radius 1 is 1.33 bits per heavy atom. The van der Waals surface area contributed by atoms with E-state index in [2.05, 4.69) is 17.3 Å². The molecule has 0 aromatic carbocycles. The van der Waals surface area contributed by atoms with E-state index in [1.807, 2.05) is 6.92 Å². The number of nitrogens with zero attached hydrogens (tertiary/aromatic N) is 1. The van der Waals surface area contributed by atoms with Crippen molar-refractivity contribution < 1.29 is 9.84 Å². The Balaban J connectivity index is 1.52. The standard InChI is InChI=1S/C14H26N2O2/c1-10-14(17,5-6-18-10)9-15-11-7-12-3-4-13(8-11)16(12)2/h10-13,15,17H,3-9H2,1-2H3. The number of hydrogen-bond acceptors (Lipinski definition) is 4. The Hall–Kier alpha value is -0.160. The Kier molecular flexibility index (Phi) is 3.39. The van der Waals surface area contributed by atoms with Gasteiger partial charge in [-0.3, -0.25) is 0 Å². The highest BCUT2D eigenvalue weighted by Gasteiger charge is 2.42. The van der Waals surface area contributed by atoms with E-state index in [9.17, 15) is 5.11 Å². The topological polar surface area (TPSA) is 44.7 Å². The van der Waals surface area contributed by atoms with Gasteiger partial charge in [0.15, 0.2) is 0 Å². The molecule has 3 aliphatic rings. The third-order valence-corrected chi connectivity index (χ3v) is 5.45. The van der Waals surface area contributed by atoms with Gasteiger partial charge >= 0.3 is 0 Å². The van der Waals surface area contributed by atoms with E-state index < -0.39 is 5.60 Å². The molecule has 0 amide bonds. The van der Waals surface area contributed by atoms with Gasteiger partial charge in [0.25, 0.3) is 0 Å². The average molecular weight is 254 g/mol. The van der Waals surface area contributed by atoms with E-state index in [0.29, 0.717) is 19.2 Å². The molecule has 3 heterocycles. The van der Waals surface area contributed by atoms with Gasteiger partial charge in [0.1, 0.15) is 5.60 Å². The molecular weight excluding hydrogens is 228 g/mol. The van der Waals surface area contributed by atoms with Crippen molar-refractivity contribution in [2.24, 2.45) is 0 Å². The summed E-state index contributed by atoms with van der Waals surface area (Å²) in [7, 11) is 2.26. The van der Waals surface area contributed by atoms with Crippen LogP contribution in [0.15, 0.2) is 0 Å². The first-order chi connectivity index (χ1) is 8.58. The second-order valence-corrected chi connectivity index (χ2v) is 6.47. The number of ether oxygens (including phenoxy) is 1. The normalized spacial score (nSPS) is 48.8. The van der Waals surface area contributed by atoms with Crippen molar-refractivity contribution >= 4 is 0 Å². The molecule has 0 saturated carbocycles. The monoisotopic (exact) mass is 254 g/mol. The van der Waals surface area contributed by atoms with E-state index in [-0.39, 0.29) is 6.10 Å². The van der Waals surface area contributed by atoms with Crippen LogP contribution < -0.4 is 5.32 Å². The highest BCUT2D eigenvalue weighted by molar-refractivity contribution is 4.98. The van der Waals surface area contributed by atoms with Gasteiger partial charge in [0.05, 0.1) is 6.10 Å². The van der Waals surface area contributed by atoms with Gasteiger partial charge in [-0.05, 0) is 39.7 Å². The molecule has 2 N–H and O–H groups in total. The molecule has 2 bridgehead atoms. The first-order valence-corrected chi connectivity index (χ1v) is 7.38. The third kappa shape index (κ3) is 2.20. The molecule has 3 rings (SSSR count). The second-order valence-electron chi connectivity index (χ2n) is 6.47. The van der Waals surface area contributed by atoms with Gasteiger partial charge < -0.3 is 20.1 Å². The molecule has 0 aliphatic carbocycles. The van der Waals surface area contributed by atoms with Crippen LogP contribution >= 0.6 is 0 Å². The minimum Gasteiger partial charge on any atom is -0.386 e. The van der Waals surface area contributed by atoms with Gasteiger partial charge in [0, 0.05) is 37.7 Å². The minimum atomic E-state index is -0.650. The van der Waals surface area contributed by atoms with Crippen LogP contribution in [0.5, 0.6) is 0 Å². The molecule has 4 atom stereocenters. The summed E-state index contributed by atoms with van der Waals surface area (Å²) in [6.07, 6.45) is 5.90. The predicted octanol–water partition coefficient (Wildman–Crippen LogP) is 0.741. The van der Waals surface area contributed by atoms with Gasteiger partial charge in [-0.25, -0.2) is 0 Å². The van der Waals surface area contributed by atoms with E-state index >= 15 is 0 Å². The third-order valence-electron chi connectivity index (χ3n) is 5.45. The Morgan fingerprint density at radius 3 is 2.56 bits per heavy atom. The molecule has 4 unspecified atom stereocenters. The van der Waals surface area contributed by atoms with Crippen LogP contribution in [-0.4, -0.2) is 60.0 Å². The summed E-state index contributed by atoms with van der Waals surface area (Å²) in [6.45, 7) is 3.35. The van der Waals surface area contributed by atoms with Crippen LogP contribution in [0.3, 0.4) is 0 Å². The van der Waals surface area contributed by atoms with Crippen molar-refractivity contribution in [3.05, 3.63) is 0 Å². The lowest BCUT2D eigenvalue weighted by Gasteiger charge is -2.38. The average Bonchev–Trinajstić information content (AvgIpc) is 2.76. The zero-order valence-electron chi connectivity index (χ0n) is 11.6. The van der Waals surface area contributed by atoms with E-state index in [4.69, 9.17) is 4.74 Å². The van der Waals surface area contributed by atoms with Gasteiger partial charge in [-0.1, -0.05) is 0 Å². The number of fused-ring (bicyclic) bond motifs is 2. The minimum absolute atomic E-state index is 0.0343. The van der Waals surface area contributed by atoms with Gasteiger partial charge in [-0.2, -0.15) is 0 Å². The maximum Gasteiger partial charge on any atom is 0.105 e. The molecule has 0 spiro atoms. The maximum absolute atomic E-state index is 10.5. The summed E-state index contributed by atoms with van der Waals surface area (Å²) < 4.78 is 5.48. The zero-order chi connectivity index (χ0) is 12.8. The van der Waals surface area contributed by atoms with Crippen molar-refractivity contribution in [2.45, 2.75) is 68.9 Å². The molecule has 4 heteroatoms. The predicted molar refractivity (Wildman–Crippen MR) is 70.6 cm³/mol. The number of hydrogen-bond donors (Lipinski definition) is 2. The summed E-state index contributed by atoms with van der Waals surface area (Å²) in [5.74, 6) is 0. The fraction of sp³-hybridized carbons (Fsp3) is 1.00.